The molecule has 0 heterocycles. The van der Waals surface area contributed by atoms with Crippen LogP contribution in [0.15, 0.2) is 18.2 Å². The van der Waals surface area contributed by atoms with Gasteiger partial charge in [-0.1, -0.05) is 17.7 Å². The Labute approximate surface area is 86.3 Å². The summed E-state index contributed by atoms with van der Waals surface area (Å²) in [4.78, 5) is 10.9. The lowest BCUT2D eigenvalue weighted by atomic mass is 9.85. The van der Waals surface area contributed by atoms with E-state index in [2.05, 4.69) is 0 Å². The molecule has 0 aliphatic rings. The van der Waals surface area contributed by atoms with E-state index in [0.29, 0.717) is 5.56 Å². The number of carboxylic acid groups (broad SMARTS) is 1. The summed E-state index contributed by atoms with van der Waals surface area (Å²) < 4.78 is 13.0. The second-order valence-corrected chi connectivity index (χ2v) is 3.97. The largest absolute Gasteiger partial charge is 0.481 e. The lowest BCUT2D eigenvalue weighted by Gasteiger charge is -2.19. The smallest absolute Gasteiger partial charge is 0.313 e. The third-order valence-electron chi connectivity index (χ3n) is 2.18. The van der Waals surface area contributed by atoms with E-state index in [1.165, 1.54) is 26.0 Å². The molecule has 14 heavy (non-hydrogen) atoms. The third-order valence-corrected chi connectivity index (χ3v) is 2.48. The van der Waals surface area contributed by atoms with E-state index in [9.17, 15) is 9.18 Å². The molecule has 1 N–H and O–H groups in total. The molecule has 0 aliphatic carbocycles. The van der Waals surface area contributed by atoms with Crippen LogP contribution in [0.1, 0.15) is 19.4 Å². The van der Waals surface area contributed by atoms with Gasteiger partial charge in [0, 0.05) is 0 Å². The molecule has 1 aromatic carbocycles. The van der Waals surface area contributed by atoms with E-state index in [1.807, 2.05) is 0 Å². The van der Waals surface area contributed by atoms with Gasteiger partial charge in [0.1, 0.15) is 5.82 Å². The lowest BCUT2D eigenvalue weighted by Crippen LogP contribution is -2.28. The number of hydrogen-bond donors (Lipinski definition) is 1. The summed E-state index contributed by atoms with van der Waals surface area (Å²) in [5.41, 5.74) is -0.710. The summed E-state index contributed by atoms with van der Waals surface area (Å²) in [6, 6.07) is 4.02. The molecule has 0 bridgehead atoms. The van der Waals surface area contributed by atoms with Crippen LogP contribution in [0.2, 0.25) is 5.02 Å². The van der Waals surface area contributed by atoms with Gasteiger partial charge in [-0.2, -0.15) is 0 Å². The number of carbonyl (C=O) groups is 1. The van der Waals surface area contributed by atoms with E-state index in [1.54, 1.807) is 0 Å². The zero-order valence-corrected chi connectivity index (χ0v) is 8.60. The molecule has 4 heteroatoms. The molecule has 0 saturated heterocycles. The van der Waals surface area contributed by atoms with Gasteiger partial charge in [0.2, 0.25) is 0 Å². The molecule has 2 nitrogen and oxygen atoms in total. The monoisotopic (exact) mass is 216 g/mol. The van der Waals surface area contributed by atoms with E-state index < -0.39 is 17.2 Å². The number of benzene rings is 1. The Balaban J connectivity index is 3.21. The molecule has 0 atom stereocenters. The predicted octanol–water partition coefficient (Wildman–Crippen LogP) is 2.84. The van der Waals surface area contributed by atoms with Crippen LogP contribution in [0.25, 0.3) is 0 Å². The molecule has 0 amide bonds. The van der Waals surface area contributed by atoms with Crippen molar-refractivity contribution < 1.29 is 14.3 Å². The normalized spacial score (nSPS) is 11.4. The fraction of sp³-hybridized carbons (Fsp3) is 0.300. The van der Waals surface area contributed by atoms with E-state index in [4.69, 9.17) is 16.7 Å². The molecule has 0 spiro atoms. The SMILES string of the molecule is CC(C)(C(=O)O)c1ccc(Cl)c(F)c1. The van der Waals surface area contributed by atoms with E-state index >= 15 is 0 Å². The highest BCUT2D eigenvalue weighted by Crippen LogP contribution is 2.26. The number of halogens is 2. The Morgan fingerprint density at radius 1 is 1.50 bits per heavy atom. The van der Waals surface area contributed by atoms with Crippen LogP contribution in [0, 0.1) is 5.82 Å². The molecule has 0 unspecified atom stereocenters. The number of rotatable bonds is 2. The van der Waals surface area contributed by atoms with Crippen molar-refractivity contribution in [1.82, 2.24) is 0 Å². The summed E-state index contributed by atoms with van der Waals surface area (Å²) in [6.07, 6.45) is 0. The first kappa shape index (κ1) is 11.0. The van der Waals surface area contributed by atoms with Gasteiger partial charge < -0.3 is 5.11 Å². The predicted molar refractivity (Wildman–Crippen MR) is 52.1 cm³/mol. The highest BCUT2D eigenvalue weighted by Gasteiger charge is 2.29. The van der Waals surface area contributed by atoms with Crippen molar-refractivity contribution in [3.05, 3.63) is 34.6 Å². The first-order chi connectivity index (χ1) is 6.35. The molecule has 76 valence electrons. The topological polar surface area (TPSA) is 37.3 Å². The summed E-state index contributed by atoms with van der Waals surface area (Å²) in [7, 11) is 0. The van der Waals surface area contributed by atoms with Crippen molar-refractivity contribution in [3.63, 3.8) is 0 Å². The van der Waals surface area contributed by atoms with Crippen LogP contribution in [-0.2, 0) is 10.2 Å². The van der Waals surface area contributed by atoms with Gasteiger partial charge in [-0.3, -0.25) is 4.79 Å². The number of hydrogen-bond acceptors (Lipinski definition) is 1. The van der Waals surface area contributed by atoms with Crippen LogP contribution in [0.5, 0.6) is 0 Å². The van der Waals surface area contributed by atoms with E-state index in [-0.39, 0.29) is 5.02 Å². The Bertz CT molecular complexity index is 374. The first-order valence-electron chi connectivity index (χ1n) is 4.04. The van der Waals surface area contributed by atoms with Crippen LogP contribution in [0.4, 0.5) is 4.39 Å². The molecule has 1 rings (SSSR count). The molecule has 0 radical (unpaired) electrons. The van der Waals surface area contributed by atoms with Crippen molar-refractivity contribution in [3.8, 4) is 0 Å². The second-order valence-electron chi connectivity index (χ2n) is 3.56. The Hall–Kier alpha value is -1.09. The van der Waals surface area contributed by atoms with E-state index in [0.717, 1.165) is 6.07 Å². The summed E-state index contributed by atoms with van der Waals surface area (Å²) in [5, 5.41) is 8.89. The number of carboxylic acids is 1. The molecule has 0 saturated carbocycles. The van der Waals surface area contributed by atoms with Crippen molar-refractivity contribution in [2.24, 2.45) is 0 Å². The van der Waals surface area contributed by atoms with Crippen molar-refractivity contribution in [2.75, 3.05) is 0 Å². The fourth-order valence-corrected chi connectivity index (χ4v) is 1.13. The second kappa shape index (κ2) is 3.58. The highest BCUT2D eigenvalue weighted by molar-refractivity contribution is 6.30. The Morgan fingerprint density at radius 3 is 2.50 bits per heavy atom. The van der Waals surface area contributed by atoms with Gasteiger partial charge in [-0.15, -0.1) is 0 Å². The fourth-order valence-electron chi connectivity index (χ4n) is 1.01. The lowest BCUT2D eigenvalue weighted by molar-refractivity contribution is -0.142. The van der Waals surface area contributed by atoms with Crippen LogP contribution < -0.4 is 0 Å². The van der Waals surface area contributed by atoms with Gasteiger partial charge >= 0.3 is 5.97 Å². The van der Waals surface area contributed by atoms with Gasteiger partial charge in [-0.05, 0) is 31.5 Å². The van der Waals surface area contributed by atoms with Crippen molar-refractivity contribution in [1.29, 1.82) is 0 Å². The minimum atomic E-state index is -1.11. The minimum absolute atomic E-state index is 0.00469. The number of aliphatic carboxylic acids is 1. The van der Waals surface area contributed by atoms with Gasteiger partial charge in [0.25, 0.3) is 0 Å². The zero-order valence-electron chi connectivity index (χ0n) is 7.84. The Morgan fingerprint density at radius 2 is 2.07 bits per heavy atom. The van der Waals surface area contributed by atoms with Crippen LogP contribution >= 0.6 is 11.6 Å². The molecule has 0 aromatic heterocycles. The standard InChI is InChI=1S/C10H10ClFO2/c1-10(2,9(13)14)6-3-4-7(11)8(12)5-6/h3-5H,1-2H3,(H,13,14). The quantitative estimate of drug-likeness (QED) is 0.826. The maximum absolute atomic E-state index is 13.0. The first-order valence-corrected chi connectivity index (χ1v) is 4.42. The zero-order chi connectivity index (χ0) is 10.9. The summed E-state index contributed by atoms with van der Waals surface area (Å²) in [5.74, 6) is -1.60. The molecule has 0 fully saturated rings. The average Bonchev–Trinajstić information content (AvgIpc) is 2.09. The molecular weight excluding hydrogens is 207 g/mol. The maximum Gasteiger partial charge on any atom is 0.313 e. The molecular formula is C10H10ClFO2. The van der Waals surface area contributed by atoms with Crippen molar-refractivity contribution in [2.45, 2.75) is 19.3 Å². The van der Waals surface area contributed by atoms with Crippen LogP contribution in [0.3, 0.4) is 0 Å². The van der Waals surface area contributed by atoms with Gasteiger partial charge in [0.05, 0.1) is 10.4 Å². The summed E-state index contributed by atoms with van der Waals surface area (Å²) >= 11 is 5.49. The third kappa shape index (κ3) is 1.87. The Kier molecular flexibility index (Phi) is 2.81. The van der Waals surface area contributed by atoms with Gasteiger partial charge in [0.15, 0.2) is 0 Å². The highest BCUT2D eigenvalue weighted by atomic mass is 35.5. The maximum atomic E-state index is 13.0. The average molecular weight is 217 g/mol. The minimum Gasteiger partial charge on any atom is -0.481 e. The van der Waals surface area contributed by atoms with Crippen molar-refractivity contribution >= 4 is 17.6 Å². The van der Waals surface area contributed by atoms with Crippen LogP contribution in [-0.4, -0.2) is 11.1 Å². The molecule has 0 aliphatic heterocycles. The van der Waals surface area contributed by atoms with Gasteiger partial charge in [-0.25, -0.2) is 4.39 Å². The molecule has 1 aromatic rings. The summed E-state index contributed by atoms with van der Waals surface area (Å²) in [6.45, 7) is 3.02.